The lowest BCUT2D eigenvalue weighted by Crippen LogP contribution is -2.59. The molecule has 45 heavy (non-hydrogen) atoms. The van der Waals surface area contributed by atoms with Gasteiger partial charge in [0.05, 0.1) is 28.0 Å². The zero-order valence-electron chi connectivity index (χ0n) is 25.0. The Labute approximate surface area is 264 Å². The van der Waals surface area contributed by atoms with E-state index in [2.05, 4.69) is 9.88 Å². The highest BCUT2D eigenvalue weighted by molar-refractivity contribution is 7.50. The Morgan fingerprint density at radius 1 is 1.04 bits per heavy atom. The zero-order chi connectivity index (χ0) is 31.5. The number of amides is 3. The molecule has 2 aromatic carbocycles. The monoisotopic (exact) mass is 649 g/mol. The van der Waals surface area contributed by atoms with Crippen molar-refractivity contribution in [3.63, 3.8) is 0 Å². The fraction of sp³-hybridized carbons (Fsp3) is 0.438. The normalized spacial score (nSPS) is 22.7. The summed E-state index contributed by atoms with van der Waals surface area (Å²) in [6.07, 6.45) is 4.12. The van der Waals surface area contributed by atoms with Gasteiger partial charge in [0.1, 0.15) is 17.9 Å². The standard InChI is InChI=1S/C32H36N5O6PS/c1-35-25-9-5-4-7-23(25)33-29(35)21-16-36(17-21)32(40)26-12-11-22-6-2-3-8-24(31(39)37(22)26)34-30(38)28-15-20-14-19(18-44(41,42)43)10-13-27(20)45-28/h4-5,7,9-10,13-15,21-22,24,26H,2-3,6,8,11-12,16-18H2,1H3,(H,34,38)(H2,41,42,43)/t22-,24-,26-/m0/s1. The molecule has 3 aliphatic heterocycles. The number of fused-ring (bicyclic) bond motifs is 3. The maximum absolute atomic E-state index is 14.0. The number of aromatic nitrogens is 2. The molecule has 5 heterocycles. The molecule has 3 saturated heterocycles. The molecule has 4 aromatic rings. The van der Waals surface area contributed by atoms with Crippen molar-refractivity contribution in [2.24, 2.45) is 7.05 Å². The molecule has 0 bridgehead atoms. The number of hydrogen-bond acceptors (Lipinski definition) is 6. The Kier molecular flexibility index (Phi) is 7.80. The minimum Gasteiger partial charge on any atom is -0.340 e. The van der Waals surface area contributed by atoms with E-state index in [0.717, 1.165) is 52.6 Å². The van der Waals surface area contributed by atoms with Crippen LogP contribution in [0.5, 0.6) is 0 Å². The lowest BCUT2D eigenvalue weighted by Gasteiger charge is -2.42. The van der Waals surface area contributed by atoms with Gasteiger partial charge in [-0.3, -0.25) is 18.9 Å². The van der Waals surface area contributed by atoms with Crippen molar-refractivity contribution in [2.75, 3.05) is 13.1 Å². The average molecular weight is 650 g/mol. The van der Waals surface area contributed by atoms with Crippen molar-refractivity contribution >= 4 is 57.8 Å². The third kappa shape index (κ3) is 5.80. The van der Waals surface area contributed by atoms with E-state index in [1.165, 1.54) is 11.3 Å². The molecular weight excluding hydrogens is 613 g/mol. The first-order valence-corrected chi connectivity index (χ1v) is 18.1. The van der Waals surface area contributed by atoms with Gasteiger partial charge in [-0.25, -0.2) is 4.98 Å². The predicted molar refractivity (Wildman–Crippen MR) is 171 cm³/mol. The van der Waals surface area contributed by atoms with Gasteiger partial charge in [-0.2, -0.15) is 0 Å². The van der Waals surface area contributed by atoms with E-state index in [-0.39, 0.29) is 35.8 Å². The Bertz CT molecular complexity index is 1860. The number of imidazole rings is 1. The number of nitrogens with zero attached hydrogens (tertiary/aromatic N) is 4. The summed E-state index contributed by atoms with van der Waals surface area (Å²) in [5.41, 5.74) is 2.50. The number of rotatable bonds is 6. The maximum atomic E-state index is 14.0. The molecule has 3 N–H and O–H groups in total. The molecular formula is C32H36N5O6PS. The summed E-state index contributed by atoms with van der Waals surface area (Å²) in [6.45, 7) is 1.14. The van der Waals surface area contributed by atoms with Crippen LogP contribution in [0.2, 0.25) is 0 Å². The van der Waals surface area contributed by atoms with Crippen molar-refractivity contribution in [3.05, 3.63) is 64.8 Å². The molecule has 2 aromatic heterocycles. The second kappa shape index (κ2) is 11.7. The van der Waals surface area contributed by atoms with Gasteiger partial charge in [-0.1, -0.05) is 31.0 Å². The van der Waals surface area contributed by atoms with E-state index < -0.39 is 19.7 Å². The van der Waals surface area contributed by atoms with Gasteiger partial charge in [-0.15, -0.1) is 11.3 Å². The maximum Gasteiger partial charge on any atom is 0.329 e. The SMILES string of the molecule is Cn1c(C2CN(C(=O)[C@@H]3CC[C@@H]4CCCC[C@H](NC(=O)c5cc6cc(CP(=O)(O)O)ccc6s5)C(=O)N43)C2)nc2ccccc21. The van der Waals surface area contributed by atoms with E-state index in [1.54, 1.807) is 29.2 Å². The van der Waals surface area contributed by atoms with Gasteiger partial charge in [0.15, 0.2) is 0 Å². The minimum absolute atomic E-state index is 0.0140. The van der Waals surface area contributed by atoms with Crippen molar-refractivity contribution in [1.82, 2.24) is 24.7 Å². The second-order valence-corrected chi connectivity index (χ2v) is 15.3. The van der Waals surface area contributed by atoms with Gasteiger partial charge in [-0.05, 0) is 67.0 Å². The Morgan fingerprint density at radius 3 is 2.60 bits per heavy atom. The summed E-state index contributed by atoms with van der Waals surface area (Å²) in [6, 6.07) is 13.5. The van der Waals surface area contributed by atoms with Crippen LogP contribution < -0.4 is 5.32 Å². The van der Waals surface area contributed by atoms with Crippen LogP contribution >= 0.6 is 18.9 Å². The van der Waals surface area contributed by atoms with Crippen LogP contribution in [0.15, 0.2) is 48.5 Å². The molecule has 0 aliphatic carbocycles. The van der Waals surface area contributed by atoms with E-state index in [0.29, 0.717) is 36.4 Å². The number of benzene rings is 2. The van der Waals surface area contributed by atoms with Crippen LogP contribution in [-0.2, 0) is 27.4 Å². The molecule has 3 fully saturated rings. The predicted octanol–water partition coefficient (Wildman–Crippen LogP) is 4.12. The lowest BCUT2D eigenvalue weighted by atomic mass is 9.97. The third-order valence-electron chi connectivity index (χ3n) is 9.50. The first-order valence-electron chi connectivity index (χ1n) is 15.5. The van der Waals surface area contributed by atoms with E-state index >= 15 is 0 Å². The molecule has 0 unspecified atom stereocenters. The topological polar surface area (TPSA) is 145 Å². The highest BCUT2D eigenvalue weighted by atomic mass is 32.1. The van der Waals surface area contributed by atoms with E-state index in [1.807, 2.05) is 36.2 Å². The molecule has 3 amide bonds. The molecule has 11 nitrogen and oxygen atoms in total. The van der Waals surface area contributed by atoms with Crippen LogP contribution in [0.25, 0.3) is 21.1 Å². The summed E-state index contributed by atoms with van der Waals surface area (Å²) in [4.78, 5) is 68.7. The van der Waals surface area contributed by atoms with E-state index in [4.69, 9.17) is 4.98 Å². The van der Waals surface area contributed by atoms with Gasteiger partial charge in [0, 0.05) is 30.9 Å². The minimum atomic E-state index is -4.22. The first kappa shape index (κ1) is 30.1. The van der Waals surface area contributed by atoms with Gasteiger partial charge in [0.25, 0.3) is 5.91 Å². The van der Waals surface area contributed by atoms with Gasteiger partial charge in [0.2, 0.25) is 11.8 Å². The van der Waals surface area contributed by atoms with Crippen LogP contribution in [0.1, 0.15) is 65.5 Å². The van der Waals surface area contributed by atoms with Gasteiger partial charge >= 0.3 is 7.60 Å². The molecule has 3 aliphatic rings. The first-order chi connectivity index (χ1) is 21.6. The summed E-state index contributed by atoms with van der Waals surface area (Å²) >= 11 is 1.27. The summed E-state index contributed by atoms with van der Waals surface area (Å²) in [7, 11) is -2.21. The number of carbonyl (C=O) groups is 3. The quantitative estimate of drug-likeness (QED) is 0.267. The number of aryl methyl sites for hydroxylation is 1. The number of nitrogens with one attached hydrogen (secondary N) is 1. The van der Waals surface area contributed by atoms with Crippen LogP contribution in [-0.4, -0.2) is 78.1 Å². The fourth-order valence-corrected chi connectivity index (χ4v) is 8.86. The van der Waals surface area contributed by atoms with Crippen molar-refractivity contribution in [3.8, 4) is 0 Å². The van der Waals surface area contributed by atoms with Crippen molar-refractivity contribution in [1.29, 1.82) is 0 Å². The van der Waals surface area contributed by atoms with Crippen LogP contribution in [0.3, 0.4) is 0 Å². The largest absolute Gasteiger partial charge is 0.340 e. The number of likely N-dealkylation sites (tertiary alicyclic amines) is 1. The van der Waals surface area contributed by atoms with Gasteiger partial charge < -0.3 is 29.5 Å². The molecule has 0 saturated carbocycles. The molecule has 13 heteroatoms. The smallest absolute Gasteiger partial charge is 0.329 e. The van der Waals surface area contributed by atoms with Crippen LogP contribution in [0.4, 0.5) is 0 Å². The number of carbonyl (C=O) groups excluding carboxylic acids is 3. The Balaban J connectivity index is 1.04. The van der Waals surface area contributed by atoms with Crippen molar-refractivity contribution < 1.29 is 28.7 Å². The summed E-state index contributed by atoms with van der Waals surface area (Å²) in [5.74, 6) is 0.531. The third-order valence-corrected chi connectivity index (χ3v) is 11.4. The number of thiophene rings is 1. The van der Waals surface area contributed by atoms with Crippen LogP contribution in [0, 0.1) is 0 Å². The Hall–Kier alpha value is -3.57. The van der Waals surface area contributed by atoms with Crippen molar-refractivity contribution in [2.45, 2.75) is 68.7 Å². The molecule has 0 spiro atoms. The molecule has 236 valence electrons. The summed E-state index contributed by atoms with van der Waals surface area (Å²) in [5, 5.41) is 3.68. The Morgan fingerprint density at radius 2 is 1.82 bits per heavy atom. The molecule has 7 rings (SSSR count). The lowest BCUT2D eigenvalue weighted by molar-refractivity contribution is -0.149. The van der Waals surface area contributed by atoms with E-state index in [9.17, 15) is 28.7 Å². The highest BCUT2D eigenvalue weighted by Crippen LogP contribution is 2.40. The molecule has 3 atom stereocenters. The second-order valence-electron chi connectivity index (χ2n) is 12.6. The zero-order valence-corrected chi connectivity index (χ0v) is 26.7. The number of para-hydroxylation sites is 2. The average Bonchev–Trinajstić information content (AvgIpc) is 3.67. The molecule has 0 radical (unpaired) electrons. The fourth-order valence-electron chi connectivity index (χ4n) is 7.24. The number of hydrogen-bond donors (Lipinski definition) is 3. The highest BCUT2D eigenvalue weighted by Gasteiger charge is 2.47. The summed E-state index contributed by atoms with van der Waals surface area (Å²) < 4.78 is 14.4.